The second kappa shape index (κ2) is 6.65. The first-order chi connectivity index (χ1) is 9.70. The molecular weight excluding hydrogens is 261 g/mol. The summed E-state index contributed by atoms with van der Waals surface area (Å²) in [4.78, 5) is 19.7. The molecule has 2 N–H and O–H groups in total. The van der Waals surface area contributed by atoms with E-state index >= 15 is 0 Å². The van der Waals surface area contributed by atoms with Crippen LogP contribution in [0, 0.1) is 5.82 Å². The monoisotopic (exact) mass is 277 g/mol. The van der Waals surface area contributed by atoms with Crippen molar-refractivity contribution in [3.8, 4) is 0 Å². The van der Waals surface area contributed by atoms with E-state index in [2.05, 4.69) is 20.6 Å². The van der Waals surface area contributed by atoms with E-state index in [4.69, 9.17) is 0 Å². The van der Waals surface area contributed by atoms with Crippen LogP contribution in [0.5, 0.6) is 0 Å². The minimum absolute atomic E-state index is 0.204. The fraction of sp³-hybridized carbons (Fsp3) is 0.308. The van der Waals surface area contributed by atoms with Crippen molar-refractivity contribution in [1.82, 2.24) is 19.9 Å². The van der Waals surface area contributed by atoms with Gasteiger partial charge < -0.3 is 15.2 Å². The Morgan fingerprint density at radius 1 is 1.50 bits per heavy atom. The average molecular weight is 277 g/mol. The summed E-state index contributed by atoms with van der Waals surface area (Å²) in [5.74, 6) is -0.516. The van der Waals surface area contributed by atoms with Gasteiger partial charge in [-0.25, -0.2) is 14.4 Å². The number of carbonyl (C=O) groups excluding carboxylic acids is 1. The fourth-order valence-electron chi connectivity index (χ4n) is 1.79. The van der Waals surface area contributed by atoms with Crippen molar-refractivity contribution < 1.29 is 9.18 Å². The van der Waals surface area contributed by atoms with E-state index in [-0.39, 0.29) is 11.5 Å². The van der Waals surface area contributed by atoms with Gasteiger partial charge in [0, 0.05) is 32.5 Å². The highest BCUT2D eigenvalue weighted by Crippen LogP contribution is 2.12. The molecule has 0 saturated heterocycles. The number of rotatable bonds is 6. The lowest BCUT2D eigenvalue weighted by molar-refractivity contribution is 0.0953. The van der Waals surface area contributed by atoms with Gasteiger partial charge in [0.25, 0.3) is 5.91 Å². The molecule has 0 spiro atoms. The number of carbonyl (C=O) groups is 1. The summed E-state index contributed by atoms with van der Waals surface area (Å²) in [5.41, 5.74) is 0.204. The molecule has 0 aliphatic rings. The molecule has 106 valence electrons. The number of anilines is 1. The zero-order valence-corrected chi connectivity index (χ0v) is 11.1. The molecule has 2 aromatic rings. The zero-order chi connectivity index (χ0) is 14.4. The van der Waals surface area contributed by atoms with Gasteiger partial charge in [-0.2, -0.15) is 0 Å². The van der Waals surface area contributed by atoms with Crippen molar-refractivity contribution in [2.45, 2.75) is 13.0 Å². The van der Waals surface area contributed by atoms with E-state index in [1.165, 1.54) is 6.07 Å². The minimum atomic E-state index is -0.535. The standard InChI is InChI=1S/C13H16FN5O/c1-15-12-11(7-10(14)8-18-12)13(20)17-3-2-5-19-6-4-16-9-19/h4,6-9H,2-3,5H2,1H3,(H,15,18)(H,17,20). The Morgan fingerprint density at radius 2 is 2.35 bits per heavy atom. The van der Waals surface area contributed by atoms with Crippen LogP contribution in [0.15, 0.2) is 31.0 Å². The molecule has 6 nitrogen and oxygen atoms in total. The number of imidazole rings is 1. The topological polar surface area (TPSA) is 71.8 Å². The third-order valence-electron chi connectivity index (χ3n) is 2.77. The Balaban J connectivity index is 1.87. The largest absolute Gasteiger partial charge is 0.372 e. The third-order valence-corrected chi connectivity index (χ3v) is 2.77. The van der Waals surface area contributed by atoms with Gasteiger partial charge in [0.15, 0.2) is 0 Å². The van der Waals surface area contributed by atoms with E-state index in [1.54, 1.807) is 19.6 Å². The predicted octanol–water partition coefficient (Wildman–Crippen LogP) is 1.28. The van der Waals surface area contributed by atoms with Gasteiger partial charge in [-0.15, -0.1) is 0 Å². The summed E-state index contributed by atoms with van der Waals surface area (Å²) in [5, 5.41) is 5.51. The van der Waals surface area contributed by atoms with Crippen molar-refractivity contribution in [2.75, 3.05) is 18.9 Å². The number of aryl methyl sites for hydroxylation is 1. The highest BCUT2D eigenvalue weighted by Gasteiger charge is 2.12. The van der Waals surface area contributed by atoms with Crippen molar-refractivity contribution in [1.29, 1.82) is 0 Å². The van der Waals surface area contributed by atoms with Crippen LogP contribution in [0.25, 0.3) is 0 Å². The van der Waals surface area contributed by atoms with Gasteiger partial charge in [-0.05, 0) is 12.5 Å². The second-order valence-electron chi connectivity index (χ2n) is 4.21. The van der Waals surface area contributed by atoms with Gasteiger partial charge in [-0.3, -0.25) is 4.79 Å². The Bertz CT molecular complexity index is 570. The molecule has 0 radical (unpaired) electrons. The summed E-state index contributed by atoms with van der Waals surface area (Å²) in [6, 6.07) is 1.17. The van der Waals surface area contributed by atoms with Crippen molar-refractivity contribution in [3.05, 3.63) is 42.4 Å². The average Bonchev–Trinajstić information content (AvgIpc) is 2.96. The van der Waals surface area contributed by atoms with E-state index in [9.17, 15) is 9.18 Å². The normalized spacial score (nSPS) is 10.3. The molecular formula is C13H16FN5O. The summed E-state index contributed by atoms with van der Waals surface area (Å²) in [7, 11) is 1.63. The van der Waals surface area contributed by atoms with E-state index < -0.39 is 5.82 Å². The lowest BCUT2D eigenvalue weighted by atomic mass is 10.2. The number of aromatic nitrogens is 3. The van der Waals surface area contributed by atoms with E-state index in [1.807, 2.05) is 10.8 Å². The summed E-state index contributed by atoms with van der Waals surface area (Å²) >= 11 is 0. The van der Waals surface area contributed by atoms with Crippen LogP contribution in [0.2, 0.25) is 0 Å². The molecule has 0 aliphatic carbocycles. The van der Waals surface area contributed by atoms with Gasteiger partial charge in [-0.1, -0.05) is 0 Å². The first-order valence-corrected chi connectivity index (χ1v) is 6.28. The first kappa shape index (κ1) is 14.0. The molecule has 2 rings (SSSR count). The smallest absolute Gasteiger partial charge is 0.255 e. The number of nitrogens with zero attached hydrogens (tertiary/aromatic N) is 3. The minimum Gasteiger partial charge on any atom is -0.372 e. The van der Waals surface area contributed by atoms with Gasteiger partial charge in [0.1, 0.15) is 11.6 Å². The molecule has 0 aliphatic heterocycles. The molecule has 0 fully saturated rings. The SMILES string of the molecule is CNc1ncc(F)cc1C(=O)NCCCn1ccnc1. The predicted molar refractivity (Wildman–Crippen MR) is 72.9 cm³/mol. The highest BCUT2D eigenvalue weighted by molar-refractivity contribution is 5.98. The maximum Gasteiger partial charge on any atom is 0.255 e. The number of amides is 1. The molecule has 0 bridgehead atoms. The van der Waals surface area contributed by atoms with Gasteiger partial charge in [0.05, 0.1) is 18.1 Å². The fourth-order valence-corrected chi connectivity index (χ4v) is 1.79. The number of halogens is 1. The molecule has 2 aromatic heterocycles. The Hall–Kier alpha value is -2.44. The van der Waals surface area contributed by atoms with Crippen LogP contribution in [-0.2, 0) is 6.54 Å². The highest BCUT2D eigenvalue weighted by atomic mass is 19.1. The van der Waals surface area contributed by atoms with Crippen molar-refractivity contribution in [2.24, 2.45) is 0 Å². The number of nitrogens with one attached hydrogen (secondary N) is 2. The van der Waals surface area contributed by atoms with Crippen molar-refractivity contribution >= 4 is 11.7 Å². The van der Waals surface area contributed by atoms with E-state index in [0.29, 0.717) is 12.4 Å². The summed E-state index contributed by atoms with van der Waals surface area (Å²) in [6.45, 7) is 1.26. The zero-order valence-electron chi connectivity index (χ0n) is 11.1. The first-order valence-electron chi connectivity index (χ1n) is 6.28. The van der Waals surface area contributed by atoms with Crippen molar-refractivity contribution in [3.63, 3.8) is 0 Å². The quantitative estimate of drug-likeness (QED) is 0.780. The Kier molecular flexibility index (Phi) is 4.65. The Morgan fingerprint density at radius 3 is 3.05 bits per heavy atom. The molecule has 2 heterocycles. The molecule has 0 aromatic carbocycles. The van der Waals surface area contributed by atoms with Crippen LogP contribution in [0.1, 0.15) is 16.8 Å². The maximum absolute atomic E-state index is 13.1. The molecule has 0 saturated carbocycles. The van der Waals surface area contributed by atoms with Crippen LogP contribution in [-0.4, -0.2) is 34.0 Å². The van der Waals surface area contributed by atoms with Crippen LogP contribution < -0.4 is 10.6 Å². The maximum atomic E-state index is 13.1. The summed E-state index contributed by atoms with van der Waals surface area (Å²) in [6.07, 6.45) is 7.12. The van der Waals surface area contributed by atoms with Gasteiger partial charge in [0.2, 0.25) is 0 Å². The molecule has 20 heavy (non-hydrogen) atoms. The number of pyridine rings is 1. The summed E-state index contributed by atoms with van der Waals surface area (Å²) < 4.78 is 15.1. The Labute approximate surface area is 116 Å². The lowest BCUT2D eigenvalue weighted by Crippen LogP contribution is -2.26. The number of hydrogen-bond donors (Lipinski definition) is 2. The molecule has 7 heteroatoms. The second-order valence-corrected chi connectivity index (χ2v) is 4.21. The number of hydrogen-bond acceptors (Lipinski definition) is 4. The van der Waals surface area contributed by atoms with Crippen LogP contribution >= 0.6 is 0 Å². The van der Waals surface area contributed by atoms with Crippen LogP contribution in [0.4, 0.5) is 10.2 Å². The van der Waals surface area contributed by atoms with Crippen LogP contribution in [0.3, 0.4) is 0 Å². The molecule has 0 atom stereocenters. The molecule has 0 unspecified atom stereocenters. The van der Waals surface area contributed by atoms with E-state index in [0.717, 1.165) is 19.2 Å². The van der Waals surface area contributed by atoms with Gasteiger partial charge >= 0.3 is 0 Å². The lowest BCUT2D eigenvalue weighted by Gasteiger charge is -2.09. The third kappa shape index (κ3) is 3.53. The molecule has 1 amide bonds.